The van der Waals surface area contributed by atoms with Crippen LogP contribution < -0.4 is 16.0 Å². The smallest absolute Gasteiger partial charge is 0.236 e. The van der Waals surface area contributed by atoms with Gasteiger partial charge >= 0.3 is 0 Å². The molecule has 0 radical (unpaired) electrons. The second kappa shape index (κ2) is 12.5. The monoisotopic (exact) mass is 568 g/mol. The highest BCUT2D eigenvalue weighted by Gasteiger charge is 2.24. The van der Waals surface area contributed by atoms with E-state index < -0.39 is 0 Å². The summed E-state index contributed by atoms with van der Waals surface area (Å²) in [6, 6.07) is 14.6. The molecule has 1 saturated heterocycles. The van der Waals surface area contributed by atoms with E-state index in [4.69, 9.17) is 26.2 Å². The molecule has 3 aromatic heterocycles. The highest BCUT2D eigenvalue weighted by atomic mass is 32.2. The van der Waals surface area contributed by atoms with Crippen molar-refractivity contribution in [2.75, 3.05) is 34.8 Å². The molecule has 10 nitrogen and oxygen atoms in total. The summed E-state index contributed by atoms with van der Waals surface area (Å²) >= 11 is 1.99. The van der Waals surface area contributed by atoms with Gasteiger partial charge in [-0.15, -0.1) is 5.10 Å². The van der Waals surface area contributed by atoms with Crippen LogP contribution in [0.15, 0.2) is 58.9 Å². The number of fused-ring (bicyclic) bond motifs is 1. The maximum atomic E-state index is 7.00. The molecule has 1 aliphatic rings. The molecule has 1 atom stereocenters. The first kappa shape index (κ1) is 28.3. The second-order valence-electron chi connectivity index (χ2n) is 10.1. The summed E-state index contributed by atoms with van der Waals surface area (Å²) in [4.78, 5) is 17.5. The Hall–Kier alpha value is -4.25. The molecule has 212 valence electrons. The van der Waals surface area contributed by atoms with Gasteiger partial charge in [0.15, 0.2) is 0 Å². The maximum absolute atomic E-state index is 7.00. The number of benzene rings is 1. The fourth-order valence-corrected chi connectivity index (χ4v) is 6.09. The molecule has 0 spiro atoms. The lowest BCUT2D eigenvalue weighted by Gasteiger charge is -2.32. The first-order valence-electron chi connectivity index (χ1n) is 13.8. The summed E-state index contributed by atoms with van der Waals surface area (Å²) < 4.78 is 2.05. The number of para-hydroxylation sites is 1. The first-order chi connectivity index (χ1) is 19.9. The Morgan fingerprint density at radius 2 is 1.83 bits per heavy atom. The van der Waals surface area contributed by atoms with Crippen LogP contribution in [0.5, 0.6) is 0 Å². The van der Waals surface area contributed by atoms with Gasteiger partial charge in [0.2, 0.25) is 5.95 Å². The lowest BCUT2D eigenvalue weighted by atomic mass is 10.0. The highest BCUT2D eigenvalue weighted by molar-refractivity contribution is 7.99. The van der Waals surface area contributed by atoms with E-state index in [0.717, 1.165) is 75.9 Å². The molecule has 41 heavy (non-hydrogen) atoms. The van der Waals surface area contributed by atoms with E-state index in [1.807, 2.05) is 44.7 Å². The summed E-state index contributed by atoms with van der Waals surface area (Å²) in [5, 5.41) is 11.5. The van der Waals surface area contributed by atoms with E-state index in [9.17, 15) is 0 Å². The Balaban J connectivity index is 1.64. The number of amidine groups is 1. The number of rotatable bonds is 9. The van der Waals surface area contributed by atoms with Crippen LogP contribution >= 0.6 is 11.8 Å². The Morgan fingerprint density at radius 3 is 2.54 bits per heavy atom. The lowest BCUT2D eigenvalue weighted by molar-refractivity contribution is 0.725. The molecule has 1 fully saturated rings. The molecule has 4 N–H and O–H groups in total. The third kappa shape index (κ3) is 6.09. The van der Waals surface area contributed by atoms with E-state index in [1.165, 1.54) is 0 Å². The van der Waals surface area contributed by atoms with E-state index in [1.54, 1.807) is 6.08 Å². The lowest BCUT2D eigenvalue weighted by Crippen LogP contribution is -2.34. The first-order valence-corrected chi connectivity index (χ1v) is 15.0. The topological polar surface area (TPSA) is 133 Å². The van der Waals surface area contributed by atoms with Gasteiger partial charge in [-0.05, 0) is 63.6 Å². The van der Waals surface area contributed by atoms with E-state index in [-0.39, 0.29) is 11.9 Å². The van der Waals surface area contributed by atoms with Gasteiger partial charge < -0.3 is 16.0 Å². The predicted molar refractivity (Wildman–Crippen MR) is 169 cm³/mol. The van der Waals surface area contributed by atoms with Gasteiger partial charge in [-0.3, -0.25) is 4.57 Å². The molecule has 1 aliphatic heterocycles. The number of pyridine rings is 1. The van der Waals surface area contributed by atoms with Gasteiger partial charge in [0.1, 0.15) is 17.5 Å². The molecule has 5 rings (SSSR count). The van der Waals surface area contributed by atoms with Crippen LogP contribution in [0.2, 0.25) is 0 Å². The summed E-state index contributed by atoms with van der Waals surface area (Å²) in [5.41, 5.74) is 18.8. The molecule has 0 bridgehead atoms. The zero-order chi connectivity index (χ0) is 28.9. The number of nitrogens with zero attached hydrogens (tertiary/aromatic N) is 7. The van der Waals surface area contributed by atoms with Crippen LogP contribution in [0, 0.1) is 26.3 Å². The van der Waals surface area contributed by atoms with Gasteiger partial charge in [-0.1, -0.05) is 30.3 Å². The van der Waals surface area contributed by atoms with Gasteiger partial charge in [0.25, 0.3) is 0 Å². The van der Waals surface area contributed by atoms with Crippen molar-refractivity contribution in [2.45, 2.75) is 40.2 Å². The molecule has 0 aliphatic carbocycles. The van der Waals surface area contributed by atoms with Crippen molar-refractivity contribution in [1.82, 2.24) is 19.5 Å². The number of aryl methyl sites for hydroxylation is 3. The summed E-state index contributed by atoms with van der Waals surface area (Å²) in [7, 11) is 0. The summed E-state index contributed by atoms with van der Waals surface area (Å²) in [6.07, 6.45) is 4.27. The number of nitrogens with two attached hydrogens (primary N) is 1. The SMILES string of the molecule is CCC(Nc1nc(-n2c(C)ccc2C)nc(C)c1/C=C/C(N)=NN=N)c1cc2ccccc2nc1N1CCSCC1. The zero-order valence-corrected chi connectivity index (χ0v) is 24.7. The van der Waals surface area contributed by atoms with Gasteiger partial charge in [0, 0.05) is 52.5 Å². The molecule has 11 heteroatoms. The fraction of sp³-hybridized carbons (Fsp3) is 0.333. The van der Waals surface area contributed by atoms with Crippen molar-refractivity contribution in [1.29, 1.82) is 5.53 Å². The Labute approximate surface area is 244 Å². The molecule has 1 aromatic carbocycles. The summed E-state index contributed by atoms with van der Waals surface area (Å²) in [5.74, 6) is 4.62. The number of anilines is 2. The maximum Gasteiger partial charge on any atom is 0.236 e. The third-order valence-corrected chi connectivity index (χ3v) is 8.26. The Bertz CT molecular complexity index is 1600. The molecule has 1 unspecified atom stereocenters. The average Bonchev–Trinajstić information content (AvgIpc) is 3.32. The minimum absolute atomic E-state index is 0.0629. The van der Waals surface area contributed by atoms with Crippen molar-refractivity contribution in [2.24, 2.45) is 16.1 Å². The Morgan fingerprint density at radius 1 is 1.10 bits per heavy atom. The molecule has 4 aromatic rings. The third-order valence-electron chi connectivity index (χ3n) is 7.32. The van der Waals surface area contributed by atoms with Crippen LogP contribution in [0.4, 0.5) is 11.6 Å². The standard InChI is InChI=1S/C30H36N10S/c1-5-25(24-18-22-8-6-7-9-26(22)35-29(24)39-14-16-41-17-15-39)34-28-23(12-13-27(31)37-38-32)21(4)33-30(36-28)40-19(2)10-11-20(40)3/h6-13,18,25H,5,14-17H2,1-4H3,(H3,31,32,37)(H,33,34,36)/b13-12+. The van der Waals surface area contributed by atoms with Crippen LogP contribution in [0.3, 0.4) is 0 Å². The largest absolute Gasteiger partial charge is 0.382 e. The fourth-order valence-electron chi connectivity index (χ4n) is 5.19. The minimum Gasteiger partial charge on any atom is -0.382 e. The number of nitrogens with one attached hydrogen (secondary N) is 2. The Kier molecular flexibility index (Phi) is 8.63. The van der Waals surface area contributed by atoms with E-state index in [0.29, 0.717) is 11.8 Å². The van der Waals surface area contributed by atoms with Crippen molar-refractivity contribution in [3.8, 4) is 5.95 Å². The van der Waals surface area contributed by atoms with Crippen molar-refractivity contribution in [3.05, 3.63) is 76.7 Å². The molecule has 0 saturated carbocycles. The zero-order valence-electron chi connectivity index (χ0n) is 23.9. The number of hydrogen-bond acceptors (Lipinski definition) is 8. The molecule has 4 heterocycles. The molecular formula is C30H36N10S. The number of aromatic nitrogens is 4. The number of thioether (sulfide) groups is 1. The second-order valence-corrected chi connectivity index (χ2v) is 11.3. The van der Waals surface area contributed by atoms with Crippen LogP contribution in [0.1, 0.15) is 47.6 Å². The van der Waals surface area contributed by atoms with E-state index >= 15 is 0 Å². The van der Waals surface area contributed by atoms with Gasteiger partial charge in [-0.25, -0.2) is 9.97 Å². The van der Waals surface area contributed by atoms with Crippen LogP contribution in [-0.4, -0.2) is 49.9 Å². The highest BCUT2D eigenvalue weighted by Crippen LogP contribution is 2.35. The van der Waals surface area contributed by atoms with Crippen molar-refractivity contribution < 1.29 is 0 Å². The predicted octanol–water partition coefficient (Wildman–Crippen LogP) is 6.17. The van der Waals surface area contributed by atoms with Gasteiger partial charge in [-0.2, -0.15) is 22.3 Å². The van der Waals surface area contributed by atoms with Crippen molar-refractivity contribution in [3.63, 3.8) is 0 Å². The normalized spacial score (nSPS) is 15.0. The van der Waals surface area contributed by atoms with E-state index in [2.05, 4.69) is 68.4 Å². The summed E-state index contributed by atoms with van der Waals surface area (Å²) in [6.45, 7) is 10.2. The molecule has 0 amide bonds. The van der Waals surface area contributed by atoms with Crippen LogP contribution in [-0.2, 0) is 0 Å². The quantitative estimate of drug-likeness (QED) is 0.0951. The number of hydrogen-bond donors (Lipinski definition) is 3. The van der Waals surface area contributed by atoms with Crippen molar-refractivity contribution >= 4 is 46.2 Å². The van der Waals surface area contributed by atoms with Crippen LogP contribution in [0.25, 0.3) is 22.9 Å². The molecular weight excluding hydrogens is 532 g/mol. The minimum atomic E-state index is -0.0629. The average molecular weight is 569 g/mol. The van der Waals surface area contributed by atoms with Gasteiger partial charge in [0.05, 0.1) is 17.3 Å².